The summed E-state index contributed by atoms with van der Waals surface area (Å²) in [5, 5.41) is 22.0. The molecule has 1 N–H and O–H groups in total. The van der Waals surface area contributed by atoms with E-state index in [0.717, 1.165) is 5.69 Å². The number of thioether (sulfide) groups is 1. The minimum Gasteiger partial charge on any atom is -0.265 e. The smallest absolute Gasteiger partial charge is 0.265 e. The lowest BCUT2D eigenvalue weighted by molar-refractivity contribution is -0.385. The van der Waals surface area contributed by atoms with Crippen LogP contribution in [0.15, 0.2) is 41.9 Å². The van der Waals surface area contributed by atoms with Gasteiger partial charge in [-0.1, -0.05) is 17.8 Å². The highest BCUT2D eigenvalue weighted by molar-refractivity contribution is 7.99. The van der Waals surface area contributed by atoms with Gasteiger partial charge in [-0.15, -0.1) is 5.10 Å². The molecule has 0 amide bonds. The lowest BCUT2D eigenvalue weighted by atomic mass is 10.3. The van der Waals surface area contributed by atoms with E-state index in [4.69, 9.17) is 0 Å². The largest absolute Gasteiger partial charge is 0.306 e. The van der Waals surface area contributed by atoms with Crippen molar-refractivity contribution in [1.82, 2.24) is 29.9 Å². The molecule has 3 aromatic heterocycles. The average Bonchev–Trinajstić information content (AvgIpc) is 3.18. The molecule has 0 spiro atoms. The fourth-order valence-corrected chi connectivity index (χ4v) is 2.45. The Morgan fingerprint density at radius 2 is 2.32 bits per heavy atom. The van der Waals surface area contributed by atoms with Gasteiger partial charge in [0.2, 0.25) is 5.16 Å². The molecule has 0 radical (unpaired) electrons. The molecule has 3 heterocycles. The summed E-state index contributed by atoms with van der Waals surface area (Å²) in [6.45, 7) is 0.534. The Labute approximate surface area is 128 Å². The third kappa shape index (κ3) is 3.28. The zero-order valence-corrected chi connectivity index (χ0v) is 12.1. The molecule has 0 unspecified atom stereocenters. The van der Waals surface area contributed by atoms with Crippen molar-refractivity contribution in [3.8, 4) is 11.5 Å². The summed E-state index contributed by atoms with van der Waals surface area (Å²) in [6, 6.07) is 5.55. The van der Waals surface area contributed by atoms with E-state index in [1.807, 2.05) is 18.2 Å². The van der Waals surface area contributed by atoms with E-state index >= 15 is 0 Å². The van der Waals surface area contributed by atoms with Crippen LogP contribution >= 0.6 is 11.8 Å². The number of pyridine rings is 1. The highest BCUT2D eigenvalue weighted by atomic mass is 32.2. The standard InChI is InChI=1S/C12H11N7O2S/c20-19(21)9-7-14-18(8-9)5-6-22-12-15-11(16-17-12)10-3-1-2-4-13-10/h1-4,7-8H,5-6H2,(H,15,16,17). The summed E-state index contributed by atoms with van der Waals surface area (Å²) in [5.74, 6) is 1.26. The molecule has 9 nitrogen and oxygen atoms in total. The van der Waals surface area contributed by atoms with Crippen molar-refractivity contribution in [3.63, 3.8) is 0 Å². The molecule has 0 saturated heterocycles. The van der Waals surface area contributed by atoms with Gasteiger partial charge in [0.1, 0.15) is 18.1 Å². The molecule has 0 aliphatic rings. The molecule has 0 saturated carbocycles. The Kier molecular flexibility index (Phi) is 4.10. The molecule has 22 heavy (non-hydrogen) atoms. The van der Waals surface area contributed by atoms with Gasteiger partial charge >= 0.3 is 5.69 Å². The normalized spacial score (nSPS) is 10.7. The van der Waals surface area contributed by atoms with E-state index in [2.05, 4.69) is 25.3 Å². The van der Waals surface area contributed by atoms with E-state index in [1.54, 1.807) is 6.20 Å². The lowest BCUT2D eigenvalue weighted by Crippen LogP contribution is -2.00. The van der Waals surface area contributed by atoms with Crippen molar-refractivity contribution < 1.29 is 4.92 Å². The maximum Gasteiger partial charge on any atom is 0.306 e. The van der Waals surface area contributed by atoms with Crippen LogP contribution in [0.3, 0.4) is 0 Å². The molecule has 0 fully saturated rings. The average molecular weight is 317 g/mol. The zero-order valence-electron chi connectivity index (χ0n) is 11.3. The molecule has 0 aliphatic heterocycles. The van der Waals surface area contributed by atoms with Crippen LogP contribution in [0.1, 0.15) is 0 Å². The Morgan fingerprint density at radius 3 is 3.05 bits per heavy atom. The van der Waals surface area contributed by atoms with Crippen molar-refractivity contribution in [2.45, 2.75) is 11.7 Å². The molecule has 3 aromatic rings. The first-order valence-electron chi connectivity index (χ1n) is 6.36. The van der Waals surface area contributed by atoms with Gasteiger partial charge in [-0.05, 0) is 12.1 Å². The number of hydrogen-bond acceptors (Lipinski definition) is 7. The van der Waals surface area contributed by atoms with Gasteiger partial charge in [0.05, 0.1) is 11.5 Å². The first-order chi connectivity index (χ1) is 10.7. The Hall–Kier alpha value is -2.75. The number of aromatic amines is 1. The van der Waals surface area contributed by atoms with Crippen molar-refractivity contribution in [3.05, 3.63) is 46.9 Å². The van der Waals surface area contributed by atoms with Gasteiger partial charge in [0.15, 0.2) is 5.82 Å². The van der Waals surface area contributed by atoms with Crippen molar-refractivity contribution >= 4 is 17.4 Å². The minimum absolute atomic E-state index is 0.0136. The second-order valence-electron chi connectivity index (χ2n) is 4.25. The number of nitrogens with zero attached hydrogens (tertiary/aromatic N) is 6. The zero-order chi connectivity index (χ0) is 15.4. The van der Waals surface area contributed by atoms with Crippen molar-refractivity contribution in [2.24, 2.45) is 0 Å². The Bertz CT molecular complexity index is 771. The van der Waals surface area contributed by atoms with Crippen LogP contribution in [0.4, 0.5) is 5.69 Å². The summed E-state index contributed by atoms with van der Waals surface area (Å²) in [4.78, 5) is 18.6. The van der Waals surface area contributed by atoms with Gasteiger partial charge in [0, 0.05) is 11.9 Å². The number of H-pyrrole nitrogens is 1. The quantitative estimate of drug-likeness (QED) is 0.418. The highest BCUT2D eigenvalue weighted by Gasteiger charge is 2.10. The number of aromatic nitrogens is 6. The van der Waals surface area contributed by atoms with Crippen LogP contribution in [0, 0.1) is 10.1 Å². The Morgan fingerprint density at radius 1 is 1.41 bits per heavy atom. The van der Waals surface area contributed by atoms with E-state index in [0.29, 0.717) is 23.3 Å². The Balaban J connectivity index is 1.56. The number of nitrogens with one attached hydrogen (secondary N) is 1. The fraction of sp³-hybridized carbons (Fsp3) is 0.167. The predicted molar refractivity (Wildman–Crippen MR) is 79.2 cm³/mol. The van der Waals surface area contributed by atoms with E-state index < -0.39 is 4.92 Å². The van der Waals surface area contributed by atoms with Crippen LogP contribution in [0.2, 0.25) is 0 Å². The van der Waals surface area contributed by atoms with Crippen LogP contribution in [0.5, 0.6) is 0 Å². The lowest BCUT2D eigenvalue weighted by Gasteiger charge is -1.97. The monoisotopic (exact) mass is 317 g/mol. The van der Waals surface area contributed by atoms with Crippen LogP contribution in [0.25, 0.3) is 11.5 Å². The molecular formula is C12H11N7O2S. The minimum atomic E-state index is -0.467. The third-order valence-corrected chi connectivity index (χ3v) is 3.58. The first kappa shape index (κ1) is 14.2. The van der Waals surface area contributed by atoms with Gasteiger partial charge in [0.25, 0.3) is 0 Å². The molecule has 0 bridgehead atoms. The van der Waals surface area contributed by atoms with Gasteiger partial charge < -0.3 is 0 Å². The molecule has 3 rings (SSSR count). The molecule has 0 aliphatic carbocycles. The number of aryl methyl sites for hydroxylation is 1. The second kappa shape index (κ2) is 6.35. The maximum absolute atomic E-state index is 10.6. The molecule has 10 heteroatoms. The van der Waals surface area contributed by atoms with Gasteiger partial charge in [-0.3, -0.25) is 24.9 Å². The predicted octanol–water partition coefficient (Wildman–Crippen LogP) is 1.76. The second-order valence-corrected chi connectivity index (χ2v) is 5.31. The van der Waals surface area contributed by atoms with Crippen LogP contribution < -0.4 is 0 Å². The van der Waals surface area contributed by atoms with Gasteiger partial charge in [-0.25, -0.2) is 0 Å². The van der Waals surface area contributed by atoms with E-state index in [-0.39, 0.29) is 5.69 Å². The molecule has 112 valence electrons. The summed E-state index contributed by atoms with van der Waals surface area (Å²) in [7, 11) is 0. The van der Waals surface area contributed by atoms with Gasteiger partial charge in [-0.2, -0.15) is 10.1 Å². The van der Waals surface area contributed by atoms with Crippen LogP contribution in [-0.2, 0) is 6.54 Å². The maximum atomic E-state index is 10.6. The van der Waals surface area contributed by atoms with E-state index in [1.165, 1.54) is 28.8 Å². The number of hydrogen-bond donors (Lipinski definition) is 1. The topological polar surface area (TPSA) is 115 Å². The van der Waals surface area contributed by atoms with Crippen molar-refractivity contribution in [1.29, 1.82) is 0 Å². The van der Waals surface area contributed by atoms with Crippen molar-refractivity contribution in [2.75, 3.05) is 5.75 Å². The number of rotatable bonds is 6. The highest BCUT2D eigenvalue weighted by Crippen LogP contribution is 2.17. The molecule has 0 aromatic carbocycles. The molecular weight excluding hydrogens is 306 g/mol. The van der Waals surface area contributed by atoms with Crippen LogP contribution in [-0.4, -0.2) is 40.6 Å². The number of nitro groups is 1. The summed E-state index contributed by atoms with van der Waals surface area (Å²) in [6.07, 6.45) is 4.32. The molecule has 0 atom stereocenters. The summed E-state index contributed by atoms with van der Waals surface area (Å²) in [5.41, 5.74) is 0.713. The third-order valence-electron chi connectivity index (χ3n) is 2.75. The first-order valence-corrected chi connectivity index (χ1v) is 7.34. The summed E-state index contributed by atoms with van der Waals surface area (Å²) < 4.78 is 1.53. The summed E-state index contributed by atoms with van der Waals surface area (Å²) >= 11 is 1.44. The SMILES string of the molecule is O=[N+]([O-])c1cnn(CCSc2n[nH]c(-c3ccccn3)n2)c1. The van der Waals surface area contributed by atoms with E-state index in [9.17, 15) is 10.1 Å². The fourth-order valence-electron chi connectivity index (χ4n) is 1.73.